The highest BCUT2D eigenvalue weighted by Crippen LogP contribution is 2.24. The van der Waals surface area contributed by atoms with E-state index in [9.17, 15) is 4.79 Å². The number of aromatic nitrogens is 2. The Morgan fingerprint density at radius 1 is 1.39 bits per heavy atom. The molecule has 1 amide bonds. The van der Waals surface area contributed by atoms with E-state index in [-0.39, 0.29) is 5.91 Å². The molecule has 0 fully saturated rings. The largest absolute Gasteiger partial charge is 0.320 e. The van der Waals surface area contributed by atoms with Crippen molar-refractivity contribution in [2.45, 2.75) is 13.8 Å². The summed E-state index contributed by atoms with van der Waals surface area (Å²) < 4.78 is 2.50. The molecular formula is C13H14BrN3O. The summed E-state index contributed by atoms with van der Waals surface area (Å²) in [5.41, 5.74) is 3.19. The van der Waals surface area contributed by atoms with E-state index in [1.54, 1.807) is 11.7 Å². The van der Waals surface area contributed by atoms with Crippen molar-refractivity contribution in [2.24, 2.45) is 7.05 Å². The van der Waals surface area contributed by atoms with Crippen LogP contribution in [0.1, 0.15) is 21.6 Å². The van der Waals surface area contributed by atoms with Gasteiger partial charge in [0.2, 0.25) is 0 Å². The Hall–Kier alpha value is -1.62. The number of amides is 1. The van der Waals surface area contributed by atoms with Crippen LogP contribution in [0.2, 0.25) is 0 Å². The first-order valence-electron chi connectivity index (χ1n) is 5.55. The van der Waals surface area contributed by atoms with Gasteiger partial charge in [0.25, 0.3) is 5.91 Å². The number of rotatable bonds is 2. The van der Waals surface area contributed by atoms with Crippen molar-refractivity contribution in [3.8, 4) is 0 Å². The molecule has 0 saturated heterocycles. The zero-order valence-corrected chi connectivity index (χ0v) is 12.1. The lowest BCUT2D eigenvalue weighted by molar-refractivity contribution is 0.102. The van der Waals surface area contributed by atoms with Gasteiger partial charge in [-0.2, -0.15) is 5.10 Å². The van der Waals surface area contributed by atoms with Crippen molar-refractivity contribution >= 4 is 27.5 Å². The van der Waals surface area contributed by atoms with Crippen LogP contribution in [0, 0.1) is 13.8 Å². The van der Waals surface area contributed by atoms with Gasteiger partial charge >= 0.3 is 0 Å². The highest BCUT2D eigenvalue weighted by molar-refractivity contribution is 9.10. The number of carbonyl (C=O) groups is 1. The molecule has 0 saturated carbocycles. The third kappa shape index (κ3) is 2.61. The SMILES string of the molecule is Cc1ccc(NC(=O)c2nn(C)cc2C)c(Br)c1. The fourth-order valence-corrected chi connectivity index (χ4v) is 2.33. The van der Waals surface area contributed by atoms with Gasteiger partial charge in [-0.05, 0) is 47.5 Å². The number of nitrogens with one attached hydrogen (secondary N) is 1. The maximum Gasteiger partial charge on any atom is 0.276 e. The van der Waals surface area contributed by atoms with Crippen LogP contribution in [-0.4, -0.2) is 15.7 Å². The molecule has 2 aromatic rings. The topological polar surface area (TPSA) is 46.9 Å². The van der Waals surface area contributed by atoms with Gasteiger partial charge in [0.1, 0.15) is 0 Å². The van der Waals surface area contributed by atoms with Crippen molar-refractivity contribution in [3.05, 3.63) is 45.7 Å². The first kappa shape index (κ1) is 12.8. The molecule has 4 nitrogen and oxygen atoms in total. The Morgan fingerprint density at radius 2 is 2.11 bits per heavy atom. The number of anilines is 1. The monoisotopic (exact) mass is 307 g/mol. The zero-order chi connectivity index (χ0) is 13.3. The Bertz CT molecular complexity index is 604. The molecule has 2 rings (SSSR count). The number of carbonyl (C=O) groups excluding carboxylic acids is 1. The lowest BCUT2D eigenvalue weighted by atomic mass is 10.2. The molecule has 0 bridgehead atoms. The van der Waals surface area contributed by atoms with Crippen molar-refractivity contribution < 1.29 is 4.79 Å². The molecule has 0 radical (unpaired) electrons. The van der Waals surface area contributed by atoms with Crippen LogP contribution in [0.3, 0.4) is 0 Å². The van der Waals surface area contributed by atoms with Gasteiger partial charge in [-0.15, -0.1) is 0 Å². The molecule has 0 unspecified atom stereocenters. The number of aryl methyl sites for hydroxylation is 3. The van der Waals surface area contributed by atoms with Crippen LogP contribution in [0.4, 0.5) is 5.69 Å². The Balaban J connectivity index is 2.24. The van der Waals surface area contributed by atoms with E-state index in [1.165, 1.54) is 0 Å². The molecule has 0 spiro atoms. The predicted molar refractivity (Wildman–Crippen MR) is 74.8 cm³/mol. The van der Waals surface area contributed by atoms with Crippen LogP contribution < -0.4 is 5.32 Å². The highest BCUT2D eigenvalue weighted by atomic mass is 79.9. The first-order chi connectivity index (χ1) is 8.47. The van der Waals surface area contributed by atoms with E-state index in [2.05, 4.69) is 26.3 Å². The molecule has 0 aliphatic rings. The second-order valence-corrected chi connectivity index (χ2v) is 5.13. The van der Waals surface area contributed by atoms with Crippen molar-refractivity contribution in [1.82, 2.24) is 9.78 Å². The standard InChI is InChI=1S/C13H14BrN3O/c1-8-4-5-11(10(14)6-8)15-13(18)12-9(2)7-17(3)16-12/h4-7H,1-3H3,(H,15,18). The lowest BCUT2D eigenvalue weighted by Crippen LogP contribution is -2.14. The molecule has 5 heteroatoms. The quantitative estimate of drug-likeness (QED) is 0.927. The zero-order valence-electron chi connectivity index (χ0n) is 10.5. The van der Waals surface area contributed by atoms with Crippen LogP contribution >= 0.6 is 15.9 Å². The number of benzene rings is 1. The van der Waals surface area contributed by atoms with Gasteiger partial charge in [-0.3, -0.25) is 9.48 Å². The maximum absolute atomic E-state index is 12.1. The fourth-order valence-electron chi connectivity index (χ4n) is 1.73. The molecule has 1 N–H and O–H groups in total. The molecular weight excluding hydrogens is 294 g/mol. The van der Waals surface area contributed by atoms with Gasteiger partial charge in [0.05, 0.1) is 5.69 Å². The van der Waals surface area contributed by atoms with E-state index < -0.39 is 0 Å². The number of nitrogens with zero attached hydrogens (tertiary/aromatic N) is 2. The average Bonchev–Trinajstić information content (AvgIpc) is 2.62. The average molecular weight is 308 g/mol. The van der Waals surface area contributed by atoms with Crippen LogP contribution in [0.15, 0.2) is 28.9 Å². The van der Waals surface area contributed by atoms with Crippen LogP contribution in [0.5, 0.6) is 0 Å². The molecule has 0 atom stereocenters. The predicted octanol–water partition coefficient (Wildman–Crippen LogP) is 3.05. The number of hydrogen-bond donors (Lipinski definition) is 1. The highest BCUT2D eigenvalue weighted by Gasteiger charge is 2.14. The third-order valence-electron chi connectivity index (χ3n) is 2.60. The molecule has 1 heterocycles. The van der Waals surface area contributed by atoms with Gasteiger partial charge < -0.3 is 5.32 Å². The van der Waals surface area contributed by atoms with Crippen LogP contribution in [-0.2, 0) is 7.05 Å². The van der Waals surface area contributed by atoms with Gasteiger partial charge in [0.15, 0.2) is 5.69 Å². The summed E-state index contributed by atoms with van der Waals surface area (Å²) in [6, 6.07) is 5.78. The van der Waals surface area contributed by atoms with Crippen molar-refractivity contribution in [3.63, 3.8) is 0 Å². The number of halogens is 1. The van der Waals surface area contributed by atoms with Crippen molar-refractivity contribution in [2.75, 3.05) is 5.32 Å². The lowest BCUT2D eigenvalue weighted by Gasteiger charge is -2.07. The summed E-state index contributed by atoms with van der Waals surface area (Å²) in [5, 5.41) is 6.99. The Labute approximate surface area is 114 Å². The van der Waals surface area contributed by atoms with Gasteiger partial charge in [-0.25, -0.2) is 0 Å². The third-order valence-corrected chi connectivity index (χ3v) is 3.26. The van der Waals surface area contributed by atoms with Gasteiger partial charge in [0, 0.05) is 23.3 Å². The Kier molecular flexibility index (Phi) is 3.52. The summed E-state index contributed by atoms with van der Waals surface area (Å²) in [5.74, 6) is -0.197. The molecule has 1 aromatic heterocycles. The molecule has 18 heavy (non-hydrogen) atoms. The normalized spacial score (nSPS) is 10.4. The summed E-state index contributed by atoms with van der Waals surface area (Å²) in [6.45, 7) is 3.87. The Morgan fingerprint density at radius 3 is 2.67 bits per heavy atom. The summed E-state index contributed by atoms with van der Waals surface area (Å²) in [4.78, 5) is 12.1. The van der Waals surface area contributed by atoms with E-state index >= 15 is 0 Å². The summed E-state index contributed by atoms with van der Waals surface area (Å²) in [7, 11) is 1.80. The van der Waals surface area contributed by atoms with E-state index in [0.717, 1.165) is 21.3 Å². The molecule has 0 aliphatic carbocycles. The summed E-state index contributed by atoms with van der Waals surface area (Å²) in [6.07, 6.45) is 1.82. The minimum absolute atomic E-state index is 0.197. The molecule has 1 aromatic carbocycles. The van der Waals surface area contributed by atoms with Gasteiger partial charge in [-0.1, -0.05) is 6.07 Å². The fraction of sp³-hybridized carbons (Fsp3) is 0.231. The first-order valence-corrected chi connectivity index (χ1v) is 6.34. The number of hydrogen-bond acceptors (Lipinski definition) is 2. The van der Waals surface area contributed by atoms with Crippen molar-refractivity contribution in [1.29, 1.82) is 0 Å². The van der Waals surface area contributed by atoms with E-state index in [0.29, 0.717) is 5.69 Å². The second-order valence-electron chi connectivity index (χ2n) is 4.27. The van der Waals surface area contributed by atoms with E-state index in [4.69, 9.17) is 0 Å². The second kappa shape index (κ2) is 4.94. The molecule has 94 valence electrons. The summed E-state index contributed by atoms with van der Waals surface area (Å²) >= 11 is 3.43. The minimum atomic E-state index is -0.197. The smallest absolute Gasteiger partial charge is 0.276 e. The molecule has 0 aliphatic heterocycles. The maximum atomic E-state index is 12.1. The minimum Gasteiger partial charge on any atom is -0.320 e. The van der Waals surface area contributed by atoms with Crippen LogP contribution in [0.25, 0.3) is 0 Å². The van der Waals surface area contributed by atoms with E-state index in [1.807, 2.05) is 38.2 Å².